The lowest BCUT2D eigenvalue weighted by Crippen LogP contribution is -2.14. The molecule has 0 bridgehead atoms. The van der Waals surface area contributed by atoms with Crippen LogP contribution >= 0.6 is 22.7 Å². The van der Waals surface area contributed by atoms with Gasteiger partial charge in [-0.25, -0.2) is 4.79 Å². The van der Waals surface area contributed by atoms with Gasteiger partial charge in [-0.05, 0) is 50.3 Å². The maximum Gasteiger partial charge on any atom is 0.341 e. The Bertz CT molecular complexity index is 913. The molecule has 7 nitrogen and oxygen atoms in total. The van der Waals surface area contributed by atoms with E-state index in [2.05, 4.69) is 5.32 Å². The lowest BCUT2D eigenvalue weighted by molar-refractivity contribution is -0.380. The number of nitro groups is 1. The molecular weight excluding hydrogens is 388 g/mol. The van der Waals surface area contributed by atoms with Crippen molar-refractivity contribution < 1.29 is 19.2 Å². The molecule has 2 aromatic heterocycles. The number of aryl methyl sites for hydroxylation is 1. The fraction of sp³-hybridized carbons (Fsp3) is 0.333. The summed E-state index contributed by atoms with van der Waals surface area (Å²) in [5, 5.41) is 14.0. The number of thiophene rings is 2. The summed E-state index contributed by atoms with van der Waals surface area (Å²) in [4.78, 5) is 36.7. The predicted molar refractivity (Wildman–Crippen MR) is 106 cm³/mol. The van der Waals surface area contributed by atoms with Crippen LogP contribution in [0.4, 0.5) is 10.0 Å². The summed E-state index contributed by atoms with van der Waals surface area (Å²) in [6.07, 6.45) is 6.62. The molecule has 1 amide bonds. The Balaban J connectivity index is 1.78. The number of amides is 1. The van der Waals surface area contributed by atoms with Crippen molar-refractivity contribution in [2.45, 2.75) is 32.6 Å². The molecule has 3 rings (SSSR count). The van der Waals surface area contributed by atoms with Gasteiger partial charge in [-0.1, -0.05) is 11.3 Å². The second kappa shape index (κ2) is 8.45. The zero-order chi connectivity index (χ0) is 19.4. The minimum atomic E-state index is -0.468. The normalized spacial score (nSPS) is 13.4. The largest absolute Gasteiger partial charge is 0.462 e. The number of ether oxygens (including phenoxy) is 1. The van der Waals surface area contributed by atoms with Crippen LogP contribution in [0.3, 0.4) is 0 Å². The number of esters is 1. The third-order valence-corrected chi connectivity index (χ3v) is 6.29. The molecule has 0 fully saturated rings. The number of nitrogens with zero attached hydrogens (tertiary/aromatic N) is 1. The minimum Gasteiger partial charge on any atom is -0.462 e. The molecule has 2 aromatic rings. The van der Waals surface area contributed by atoms with E-state index in [1.807, 2.05) is 0 Å². The second-order valence-electron chi connectivity index (χ2n) is 5.89. The molecule has 1 aliphatic rings. The number of rotatable bonds is 6. The first-order chi connectivity index (χ1) is 13.0. The van der Waals surface area contributed by atoms with Crippen molar-refractivity contribution in [3.8, 4) is 0 Å². The van der Waals surface area contributed by atoms with Crippen molar-refractivity contribution in [3.05, 3.63) is 49.2 Å². The number of nitrogens with one attached hydrogen (secondary N) is 1. The highest BCUT2D eigenvalue weighted by Crippen LogP contribution is 2.38. The summed E-state index contributed by atoms with van der Waals surface area (Å²) in [5.41, 5.74) is 1.45. The van der Waals surface area contributed by atoms with Crippen molar-refractivity contribution in [1.29, 1.82) is 0 Å². The van der Waals surface area contributed by atoms with Crippen LogP contribution in [0.15, 0.2) is 18.2 Å². The summed E-state index contributed by atoms with van der Waals surface area (Å²) in [7, 11) is 0. The van der Waals surface area contributed by atoms with Crippen LogP contribution in [0.25, 0.3) is 6.08 Å². The van der Waals surface area contributed by atoms with Crippen molar-refractivity contribution in [2.24, 2.45) is 0 Å². The summed E-state index contributed by atoms with van der Waals surface area (Å²) >= 11 is 2.41. The highest BCUT2D eigenvalue weighted by Gasteiger charge is 2.26. The van der Waals surface area contributed by atoms with Gasteiger partial charge in [0.25, 0.3) is 0 Å². The zero-order valence-corrected chi connectivity index (χ0v) is 16.3. The van der Waals surface area contributed by atoms with Gasteiger partial charge < -0.3 is 10.1 Å². The number of carbonyl (C=O) groups excluding carboxylic acids is 2. The van der Waals surface area contributed by atoms with Gasteiger partial charge in [-0.2, -0.15) is 0 Å². The van der Waals surface area contributed by atoms with E-state index in [1.165, 1.54) is 29.6 Å². The van der Waals surface area contributed by atoms with Crippen LogP contribution < -0.4 is 5.32 Å². The predicted octanol–water partition coefficient (Wildman–Crippen LogP) is 4.43. The summed E-state index contributed by atoms with van der Waals surface area (Å²) in [6, 6.07) is 2.98. The highest BCUT2D eigenvalue weighted by atomic mass is 32.1. The molecule has 0 saturated heterocycles. The van der Waals surface area contributed by atoms with Gasteiger partial charge in [0.05, 0.1) is 17.1 Å². The molecule has 1 aliphatic carbocycles. The summed E-state index contributed by atoms with van der Waals surface area (Å²) in [5.74, 6) is -0.805. The molecular formula is C18H18N2O5S2. The average molecular weight is 406 g/mol. The van der Waals surface area contributed by atoms with Gasteiger partial charge in [0.2, 0.25) is 5.91 Å². The molecule has 142 valence electrons. The van der Waals surface area contributed by atoms with Crippen LogP contribution in [0.5, 0.6) is 0 Å². The quantitative estimate of drug-likeness (QED) is 0.331. The molecule has 0 saturated carbocycles. The third-order valence-electron chi connectivity index (χ3n) is 4.08. The number of carbonyl (C=O) groups is 2. The number of anilines is 1. The van der Waals surface area contributed by atoms with E-state index in [0.29, 0.717) is 15.4 Å². The smallest absolute Gasteiger partial charge is 0.341 e. The van der Waals surface area contributed by atoms with Crippen LogP contribution in [-0.2, 0) is 22.4 Å². The molecule has 0 unspecified atom stereocenters. The third kappa shape index (κ3) is 4.42. The lowest BCUT2D eigenvalue weighted by atomic mass is 9.95. The molecule has 0 spiro atoms. The first-order valence-electron chi connectivity index (χ1n) is 8.54. The van der Waals surface area contributed by atoms with E-state index in [9.17, 15) is 19.7 Å². The van der Waals surface area contributed by atoms with Crippen LogP contribution in [0.2, 0.25) is 0 Å². The van der Waals surface area contributed by atoms with Gasteiger partial charge in [0.15, 0.2) is 0 Å². The standard InChI is InChI=1S/C18H18N2O5S2/c1-2-25-18(22)16-12-5-3-4-6-13(12)27-17(16)19-14(21)9-7-11-8-10-15(26-11)20(23)24/h7-10H,2-6H2,1H3,(H,19,21). The molecule has 27 heavy (non-hydrogen) atoms. The first kappa shape index (κ1) is 19.2. The van der Waals surface area contributed by atoms with Crippen molar-refractivity contribution in [2.75, 3.05) is 11.9 Å². The number of fused-ring (bicyclic) bond motifs is 1. The van der Waals surface area contributed by atoms with E-state index in [4.69, 9.17) is 4.74 Å². The van der Waals surface area contributed by atoms with Gasteiger partial charge in [-0.15, -0.1) is 11.3 Å². The molecule has 0 aromatic carbocycles. The topological polar surface area (TPSA) is 98.5 Å². The number of hydrogen-bond donors (Lipinski definition) is 1. The van der Waals surface area contributed by atoms with Crippen LogP contribution in [0, 0.1) is 10.1 Å². The summed E-state index contributed by atoms with van der Waals surface area (Å²) in [6.45, 7) is 2.02. The fourth-order valence-corrected chi connectivity index (χ4v) is 4.92. The van der Waals surface area contributed by atoms with Crippen molar-refractivity contribution in [3.63, 3.8) is 0 Å². The molecule has 0 aliphatic heterocycles. The lowest BCUT2D eigenvalue weighted by Gasteiger charge is -2.12. The molecule has 2 heterocycles. The van der Waals surface area contributed by atoms with Crippen LogP contribution in [-0.4, -0.2) is 23.4 Å². The Morgan fingerprint density at radius 3 is 2.78 bits per heavy atom. The van der Waals surface area contributed by atoms with Gasteiger partial charge >= 0.3 is 11.0 Å². The Morgan fingerprint density at radius 2 is 2.07 bits per heavy atom. The SMILES string of the molecule is CCOC(=O)c1c(NC(=O)C=Cc2ccc([N+](=O)[O-])s2)sc2c1CCCC2. The average Bonchev–Trinajstić information content (AvgIpc) is 3.24. The van der Waals surface area contributed by atoms with Crippen molar-refractivity contribution >= 4 is 50.6 Å². The van der Waals surface area contributed by atoms with Gasteiger partial charge in [-0.3, -0.25) is 14.9 Å². The van der Waals surface area contributed by atoms with Gasteiger partial charge in [0.1, 0.15) is 5.00 Å². The second-order valence-corrected chi connectivity index (χ2v) is 8.09. The van der Waals surface area contributed by atoms with Gasteiger partial charge in [0, 0.05) is 21.9 Å². The van der Waals surface area contributed by atoms with E-state index < -0.39 is 16.8 Å². The molecule has 0 atom stereocenters. The monoisotopic (exact) mass is 406 g/mol. The van der Waals surface area contributed by atoms with E-state index in [1.54, 1.807) is 13.0 Å². The Hall–Kier alpha value is -2.52. The van der Waals surface area contributed by atoms with E-state index in [0.717, 1.165) is 47.5 Å². The maximum absolute atomic E-state index is 12.4. The minimum absolute atomic E-state index is 0.0191. The number of hydrogen-bond acceptors (Lipinski definition) is 7. The van der Waals surface area contributed by atoms with E-state index in [-0.39, 0.29) is 11.6 Å². The first-order valence-corrected chi connectivity index (χ1v) is 10.2. The van der Waals surface area contributed by atoms with Crippen LogP contribution in [0.1, 0.15) is 45.4 Å². The molecule has 1 N–H and O–H groups in total. The summed E-state index contributed by atoms with van der Waals surface area (Å²) < 4.78 is 5.17. The van der Waals surface area contributed by atoms with Crippen molar-refractivity contribution in [1.82, 2.24) is 0 Å². The molecule has 9 heteroatoms. The zero-order valence-electron chi connectivity index (χ0n) is 14.6. The fourth-order valence-electron chi connectivity index (χ4n) is 2.91. The Kier molecular flexibility index (Phi) is 6.02. The maximum atomic E-state index is 12.4. The van der Waals surface area contributed by atoms with E-state index >= 15 is 0 Å². The Labute approximate surface area is 163 Å². The molecule has 0 radical (unpaired) electrons. The Morgan fingerprint density at radius 1 is 1.30 bits per heavy atom. The highest BCUT2D eigenvalue weighted by molar-refractivity contribution is 7.17.